The van der Waals surface area contributed by atoms with Crippen LogP contribution in [-0.2, 0) is 123 Å². The van der Waals surface area contributed by atoms with E-state index in [9.17, 15) is 38.4 Å². The molecule has 27 heteroatoms. The number of nitrogens with one attached hydrogen (secondary N) is 1. The first kappa shape index (κ1) is 90.2. The van der Waals surface area contributed by atoms with Crippen molar-refractivity contribution in [1.82, 2.24) is 39.2 Å². The molecule has 4 saturated heterocycles. The number of Topliss-reactive ketones (excluding diaryl/α,β-unsaturated/α-hetero) is 4. The fraction of sp³-hybridized carbons (Fsp3) is 0.446. The molecule has 0 spiro atoms. The molecule has 4 atom stereocenters. The van der Waals surface area contributed by atoms with Crippen molar-refractivity contribution in [3.05, 3.63) is 259 Å². The lowest BCUT2D eigenvalue weighted by atomic mass is 9.89. The lowest BCUT2D eigenvalue weighted by Crippen LogP contribution is -2.43. The second kappa shape index (κ2) is 42.0. The molecule has 0 bridgehead atoms. The van der Waals surface area contributed by atoms with Gasteiger partial charge < -0.3 is 53.3 Å². The van der Waals surface area contributed by atoms with E-state index in [1.165, 1.54) is 73.0 Å². The molecule has 672 valence electrons. The number of benzene rings is 4. The summed E-state index contributed by atoms with van der Waals surface area (Å²) in [6, 6.07) is 33.2. The Morgan fingerprint density at radius 2 is 0.711 bits per heavy atom. The summed E-state index contributed by atoms with van der Waals surface area (Å²) in [7, 11) is 0. The van der Waals surface area contributed by atoms with Gasteiger partial charge in [-0.05, 0) is 132 Å². The standard InChI is InChI=1S/C26H30N2O3S.C25H29N3O3S.2C25H28N2O4S/c1-18-2-9-23(24(29)14-18)28-16-22-21(17-32-25(22)26(28)30)8-7-19-3-5-20(6-4-19)15-27-10-12-31-13-11-27;1-17-2-7-22(23(29)12-17)28-15-20-21(16-32-24(20)25(28)30)26-13-18-3-5-19(6-4-18)14-27-8-10-31-11-9-27;1-17-2-7-22(23(28)12-17)27-14-20-21(25(27)29)16-32-24(20)15-31-19-5-3-18(4-6-19)13-26-8-10-30-11-9-26;1-17-2-7-21(22(28)12-17)27-14-20-23(16-32-24(20)25(27)29)31-15-19-5-3-18(4-6-19)13-26-8-10-30-11-9-26/h3-6,17,23H,1-2,7-16H2;3-6,16,22,26H,1-2,7-15H2;3-6,16,22H,1-2,7-15H2;3-6,16,21H,1-2,7-15H2/t;2*22-;21-/m.000/s1. The third-order valence-electron chi connectivity index (χ3n) is 26.6. The summed E-state index contributed by atoms with van der Waals surface area (Å²) in [5.41, 5.74) is 19.8. The minimum atomic E-state index is -0.334. The van der Waals surface area contributed by atoms with Gasteiger partial charge in [0, 0.05) is 162 Å². The molecule has 4 amide bonds. The molecule has 4 aromatic heterocycles. The van der Waals surface area contributed by atoms with Crippen molar-refractivity contribution in [2.24, 2.45) is 0 Å². The number of aryl methyl sites for hydroxylation is 2. The van der Waals surface area contributed by atoms with Crippen LogP contribution in [0.15, 0.2) is 167 Å². The predicted molar refractivity (Wildman–Crippen MR) is 497 cm³/mol. The highest BCUT2D eigenvalue weighted by Gasteiger charge is 2.45. The molecule has 8 aliphatic heterocycles. The van der Waals surface area contributed by atoms with Crippen LogP contribution in [0.2, 0.25) is 0 Å². The van der Waals surface area contributed by atoms with E-state index in [1.807, 2.05) is 28.3 Å². The summed E-state index contributed by atoms with van der Waals surface area (Å²) in [4.78, 5) is 122. The molecule has 1 unspecified atom stereocenters. The van der Waals surface area contributed by atoms with Crippen LogP contribution in [0.3, 0.4) is 0 Å². The van der Waals surface area contributed by atoms with Crippen molar-refractivity contribution >= 4 is 97.8 Å². The highest BCUT2D eigenvalue weighted by atomic mass is 32.1. The van der Waals surface area contributed by atoms with E-state index in [0.29, 0.717) is 102 Å². The zero-order valence-corrected chi connectivity index (χ0v) is 76.4. The van der Waals surface area contributed by atoms with E-state index in [0.717, 1.165) is 257 Å². The number of allylic oxidation sites excluding steroid dienone is 4. The largest absolute Gasteiger partial charge is 0.488 e. The van der Waals surface area contributed by atoms with Crippen LogP contribution in [0.25, 0.3) is 0 Å². The number of ether oxygens (including phenoxy) is 6. The first-order valence-corrected chi connectivity index (χ1v) is 48.8. The summed E-state index contributed by atoms with van der Waals surface area (Å²) in [6.07, 6.45) is 9.49. The lowest BCUT2D eigenvalue weighted by molar-refractivity contribution is -0.124. The van der Waals surface area contributed by atoms with Gasteiger partial charge in [0.15, 0.2) is 23.1 Å². The second-order valence-electron chi connectivity index (χ2n) is 35.6. The number of morpholine rings is 4. The Labute approximate surface area is 765 Å². The van der Waals surface area contributed by atoms with Crippen LogP contribution in [0.5, 0.6) is 11.5 Å². The minimum Gasteiger partial charge on any atom is -0.488 e. The maximum Gasteiger partial charge on any atom is 0.265 e. The van der Waals surface area contributed by atoms with Crippen molar-refractivity contribution in [2.75, 3.05) is 111 Å². The van der Waals surface area contributed by atoms with Crippen molar-refractivity contribution in [1.29, 1.82) is 0 Å². The number of amides is 4. The number of carbonyl (C=O) groups excluding carboxylic acids is 8. The molecule has 0 radical (unpaired) electrons. The first-order valence-electron chi connectivity index (χ1n) is 45.3. The number of fused-ring (bicyclic) bond motifs is 4. The van der Waals surface area contributed by atoms with Gasteiger partial charge in [-0.25, -0.2) is 0 Å². The normalized spacial score (nSPS) is 21.8. The average Bonchev–Trinajstić information content (AvgIpc) is 1.63. The SMILES string of the molecule is C=C1CCC(N2Cc3c(CCc4ccc(CN5CCOCC5)cc4)csc3C2=O)C(=O)C1.C=C1CC[C@H](N2Cc3c(NCc4ccc(CN5CCOCC5)cc4)csc3C2=O)C(=O)C1.C=C1CC[C@H](N2Cc3c(OCc4ccc(CN5CCOCC5)cc4)csc3C2=O)C(=O)C1.C=C1CC[C@H](N2Cc3c(csc3COc3ccc(CN4CCOCC4)cc3)C2=O)C(=O)C1. The Morgan fingerprint density at radius 1 is 0.352 bits per heavy atom. The molecule has 4 aromatic carbocycles. The van der Waals surface area contributed by atoms with Gasteiger partial charge >= 0.3 is 0 Å². The lowest BCUT2D eigenvalue weighted by Gasteiger charge is -2.30. The molecule has 12 aliphatic rings. The Morgan fingerprint density at radius 3 is 1.16 bits per heavy atom. The van der Waals surface area contributed by atoms with Crippen molar-refractivity contribution < 1.29 is 66.8 Å². The summed E-state index contributed by atoms with van der Waals surface area (Å²) >= 11 is 5.99. The summed E-state index contributed by atoms with van der Waals surface area (Å²) in [6.45, 7) is 37.6. The second-order valence-corrected chi connectivity index (χ2v) is 39.2. The fourth-order valence-electron chi connectivity index (χ4n) is 19.1. The maximum atomic E-state index is 13.0. The summed E-state index contributed by atoms with van der Waals surface area (Å²) in [5.74, 6) is 2.01. The molecule has 1 N–H and O–H groups in total. The van der Waals surface area contributed by atoms with E-state index in [4.69, 9.17) is 28.4 Å². The molecule has 8 aromatic rings. The van der Waals surface area contributed by atoms with Gasteiger partial charge in [0.05, 0.1) is 111 Å². The topological polar surface area (TPSA) is 230 Å². The van der Waals surface area contributed by atoms with Gasteiger partial charge in [-0.3, -0.25) is 58.0 Å². The monoisotopic (exact) mass is 1810 g/mol. The molecule has 20 rings (SSSR count). The number of ketones is 4. The molecule has 4 saturated carbocycles. The third kappa shape index (κ3) is 21.8. The number of thiophene rings is 4. The fourth-order valence-corrected chi connectivity index (χ4v) is 23.1. The minimum absolute atomic E-state index is 0.00335. The van der Waals surface area contributed by atoms with Gasteiger partial charge in [-0.2, -0.15) is 0 Å². The molecule has 4 aliphatic carbocycles. The first-order chi connectivity index (χ1) is 62.3. The van der Waals surface area contributed by atoms with E-state index >= 15 is 0 Å². The molecule has 12 heterocycles. The Bertz CT molecular complexity index is 4750. The highest BCUT2D eigenvalue weighted by Crippen LogP contribution is 2.44. The molecule has 128 heavy (non-hydrogen) atoms. The zero-order valence-electron chi connectivity index (χ0n) is 73.1. The van der Waals surface area contributed by atoms with Crippen LogP contribution < -0.4 is 14.8 Å². The Kier molecular flexibility index (Phi) is 29.6. The quantitative estimate of drug-likeness (QED) is 0.0554. The van der Waals surface area contributed by atoms with Gasteiger partial charge in [-0.15, -0.1) is 45.3 Å². The van der Waals surface area contributed by atoms with Gasteiger partial charge in [0.2, 0.25) is 0 Å². The van der Waals surface area contributed by atoms with E-state index < -0.39 is 0 Å². The smallest absolute Gasteiger partial charge is 0.265 e. The molecule has 23 nitrogen and oxygen atoms in total. The number of hydrogen-bond acceptors (Lipinski definition) is 23. The number of rotatable bonds is 24. The summed E-state index contributed by atoms with van der Waals surface area (Å²) < 4.78 is 33.8. The van der Waals surface area contributed by atoms with Crippen molar-refractivity contribution in [3.8, 4) is 11.5 Å². The van der Waals surface area contributed by atoms with Gasteiger partial charge in [0.1, 0.15) is 29.6 Å². The van der Waals surface area contributed by atoms with Crippen LogP contribution >= 0.6 is 45.3 Å². The van der Waals surface area contributed by atoms with Crippen LogP contribution in [0, 0.1) is 0 Å². The number of anilines is 1. The number of carbonyl (C=O) groups is 8. The van der Waals surface area contributed by atoms with Crippen LogP contribution in [-0.4, -0.2) is 215 Å². The molecule has 8 fully saturated rings. The number of hydrogen-bond donors (Lipinski definition) is 1. The van der Waals surface area contributed by atoms with E-state index in [1.54, 1.807) is 30.9 Å². The number of nitrogens with zero attached hydrogens (tertiary/aromatic N) is 8. The van der Waals surface area contributed by atoms with Crippen LogP contribution in [0.4, 0.5) is 5.69 Å². The van der Waals surface area contributed by atoms with Crippen molar-refractivity contribution in [2.45, 2.75) is 186 Å². The third-order valence-corrected chi connectivity index (χ3v) is 30.7. The predicted octanol–water partition coefficient (Wildman–Crippen LogP) is 15.4. The molecular weight excluding hydrogens is 1690 g/mol. The zero-order chi connectivity index (χ0) is 88.3. The molecular formula is C101H115N9O14S4. The highest BCUT2D eigenvalue weighted by molar-refractivity contribution is 7.13. The van der Waals surface area contributed by atoms with Crippen molar-refractivity contribution in [3.63, 3.8) is 0 Å². The van der Waals surface area contributed by atoms with E-state index in [-0.39, 0.29) is 70.9 Å². The Hall–Kier alpha value is -9.72. The Balaban J connectivity index is 0.000000120. The summed E-state index contributed by atoms with van der Waals surface area (Å²) in [5, 5.41) is 11.5. The van der Waals surface area contributed by atoms with E-state index in [2.05, 4.69) is 142 Å². The van der Waals surface area contributed by atoms with Gasteiger partial charge in [0.25, 0.3) is 23.6 Å². The maximum absolute atomic E-state index is 13.0. The van der Waals surface area contributed by atoms with Gasteiger partial charge in [-0.1, -0.05) is 134 Å². The van der Waals surface area contributed by atoms with Crippen LogP contribution in [0.1, 0.15) is 188 Å². The average molecular weight is 1810 g/mol.